The minimum absolute atomic E-state index is 0.388. The number of benzene rings is 2. The summed E-state index contributed by atoms with van der Waals surface area (Å²) in [7, 11) is 0. The predicted octanol–water partition coefficient (Wildman–Crippen LogP) is 6.66. The molecule has 2 heterocycles. The molecule has 0 spiro atoms. The largest absolute Gasteiger partial charge is 0.274 e. The fourth-order valence-corrected chi connectivity index (χ4v) is 4.38. The van der Waals surface area contributed by atoms with Crippen molar-refractivity contribution in [2.24, 2.45) is 0 Å². The molecule has 4 rings (SSSR count). The summed E-state index contributed by atoms with van der Waals surface area (Å²) >= 11 is 0. The van der Waals surface area contributed by atoms with Crippen molar-refractivity contribution in [3.8, 4) is 28.5 Å². The van der Waals surface area contributed by atoms with Gasteiger partial charge in [0.25, 0.3) is 0 Å². The van der Waals surface area contributed by atoms with E-state index in [1.807, 2.05) is 6.20 Å². The summed E-state index contributed by atoms with van der Waals surface area (Å²) in [6.45, 7) is 15.0. The first-order valence-corrected chi connectivity index (χ1v) is 10.8. The lowest BCUT2D eigenvalue weighted by molar-refractivity contribution is 0.822. The average molecular weight is 411 g/mol. The highest BCUT2D eigenvalue weighted by molar-refractivity contribution is 5.69. The molecule has 0 bridgehead atoms. The Morgan fingerprint density at radius 3 is 1.74 bits per heavy atom. The summed E-state index contributed by atoms with van der Waals surface area (Å²) in [4.78, 5) is 4.68. The first-order valence-electron chi connectivity index (χ1n) is 10.8. The molecule has 0 fully saturated rings. The molecule has 0 saturated heterocycles. The van der Waals surface area contributed by atoms with E-state index in [-0.39, 0.29) is 0 Å². The highest BCUT2D eigenvalue weighted by Gasteiger charge is 2.21. The van der Waals surface area contributed by atoms with Gasteiger partial charge in [-0.25, -0.2) is 0 Å². The van der Waals surface area contributed by atoms with Gasteiger partial charge in [-0.3, -0.25) is 9.55 Å². The van der Waals surface area contributed by atoms with E-state index in [4.69, 9.17) is 0 Å². The molecule has 2 aromatic heterocycles. The Bertz CT molecular complexity index is 1200. The van der Waals surface area contributed by atoms with Gasteiger partial charge in [-0.05, 0) is 75.9 Å². The van der Waals surface area contributed by atoms with Crippen LogP contribution in [0.2, 0.25) is 0 Å². The molecule has 0 radical (unpaired) electrons. The Kier molecular flexibility index (Phi) is 5.48. The van der Waals surface area contributed by atoms with E-state index in [2.05, 4.69) is 111 Å². The zero-order chi connectivity index (χ0) is 22.3. The Hall–Kier alpha value is -3.27. The van der Waals surface area contributed by atoms with Gasteiger partial charge in [0.05, 0.1) is 5.69 Å². The van der Waals surface area contributed by atoms with E-state index in [1.54, 1.807) is 0 Å². The van der Waals surface area contributed by atoms with Gasteiger partial charge in [0.15, 0.2) is 11.6 Å². The van der Waals surface area contributed by atoms with Crippen LogP contribution < -0.4 is 0 Å². The third kappa shape index (κ3) is 4.02. The van der Waals surface area contributed by atoms with Gasteiger partial charge >= 0.3 is 0 Å². The second-order valence-corrected chi connectivity index (χ2v) is 8.93. The van der Waals surface area contributed by atoms with E-state index in [9.17, 15) is 0 Å². The Morgan fingerprint density at radius 1 is 0.677 bits per heavy atom. The Balaban J connectivity index is 2.00. The molecule has 31 heavy (non-hydrogen) atoms. The monoisotopic (exact) mass is 410 g/mol. The number of hydrogen-bond acceptors (Lipinski definition) is 3. The van der Waals surface area contributed by atoms with Crippen LogP contribution in [0.1, 0.15) is 53.3 Å². The zero-order valence-electron chi connectivity index (χ0n) is 19.5. The standard InChI is InChI=1S/C27H30N4/c1-16(2)24-9-8-22(15-28-24)26-29-30-27(23-13-17(3)10-18(4)14-23)31(26)25-20(6)11-19(5)12-21(25)7/h8-16H,1-7H3. The molecule has 0 aliphatic carbocycles. The number of rotatable bonds is 4. The number of hydrogen-bond donors (Lipinski definition) is 0. The smallest absolute Gasteiger partial charge is 0.170 e. The van der Waals surface area contributed by atoms with Gasteiger partial charge < -0.3 is 0 Å². The second-order valence-electron chi connectivity index (χ2n) is 8.93. The van der Waals surface area contributed by atoms with Crippen molar-refractivity contribution >= 4 is 0 Å². The van der Waals surface area contributed by atoms with Crippen LogP contribution in [0, 0.1) is 34.6 Å². The third-order valence-corrected chi connectivity index (χ3v) is 5.64. The second kappa shape index (κ2) is 8.10. The normalized spacial score (nSPS) is 11.4. The van der Waals surface area contributed by atoms with Gasteiger partial charge in [0.1, 0.15) is 0 Å². The molecule has 0 unspecified atom stereocenters. The molecule has 0 aliphatic rings. The minimum atomic E-state index is 0.388. The quantitative estimate of drug-likeness (QED) is 0.378. The van der Waals surface area contributed by atoms with Crippen LogP contribution in [-0.4, -0.2) is 19.7 Å². The molecule has 0 saturated carbocycles. The molecule has 0 N–H and O–H groups in total. The summed E-state index contributed by atoms with van der Waals surface area (Å²) in [5, 5.41) is 9.32. The molecule has 158 valence electrons. The summed E-state index contributed by atoms with van der Waals surface area (Å²) in [5.41, 5.74) is 10.3. The van der Waals surface area contributed by atoms with Crippen LogP contribution in [0.25, 0.3) is 28.5 Å². The van der Waals surface area contributed by atoms with E-state index >= 15 is 0 Å². The number of aryl methyl sites for hydroxylation is 5. The van der Waals surface area contributed by atoms with E-state index in [0.717, 1.165) is 34.2 Å². The van der Waals surface area contributed by atoms with Crippen molar-refractivity contribution in [3.05, 3.63) is 82.2 Å². The molecular weight excluding hydrogens is 380 g/mol. The van der Waals surface area contributed by atoms with Crippen molar-refractivity contribution < 1.29 is 0 Å². The molecule has 4 aromatic rings. The minimum Gasteiger partial charge on any atom is -0.274 e. The third-order valence-electron chi connectivity index (χ3n) is 5.64. The van der Waals surface area contributed by atoms with Crippen LogP contribution >= 0.6 is 0 Å². The zero-order valence-corrected chi connectivity index (χ0v) is 19.5. The van der Waals surface area contributed by atoms with E-state index in [0.29, 0.717) is 5.92 Å². The molecule has 0 aliphatic heterocycles. The molecule has 4 nitrogen and oxygen atoms in total. The van der Waals surface area contributed by atoms with E-state index < -0.39 is 0 Å². The van der Waals surface area contributed by atoms with Gasteiger partial charge in [-0.1, -0.05) is 48.7 Å². The van der Waals surface area contributed by atoms with Gasteiger partial charge in [-0.2, -0.15) is 0 Å². The molecular formula is C27H30N4. The maximum atomic E-state index is 4.68. The topological polar surface area (TPSA) is 43.6 Å². The first kappa shape index (κ1) is 21.0. The van der Waals surface area contributed by atoms with Crippen molar-refractivity contribution in [3.63, 3.8) is 0 Å². The summed E-state index contributed by atoms with van der Waals surface area (Å²) in [6.07, 6.45) is 1.92. The summed E-state index contributed by atoms with van der Waals surface area (Å²) < 4.78 is 2.20. The SMILES string of the molecule is Cc1cc(C)cc(-c2nnc(-c3ccc(C(C)C)nc3)n2-c2c(C)cc(C)cc2C)c1. The maximum Gasteiger partial charge on any atom is 0.170 e. The van der Waals surface area contributed by atoms with Crippen LogP contribution in [0.15, 0.2) is 48.7 Å². The predicted molar refractivity (Wildman–Crippen MR) is 128 cm³/mol. The van der Waals surface area contributed by atoms with Crippen molar-refractivity contribution in [2.45, 2.75) is 54.4 Å². The van der Waals surface area contributed by atoms with Crippen LogP contribution in [0.3, 0.4) is 0 Å². The highest BCUT2D eigenvalue weighted by Crippen LogP contribution is 2.33. The number of aromatic nitrogens is 4. The molecule has 2 aromatic carbocycles. The van der Waals surface area contributed by atoms with Crippen molar-refractivity contribution in [2.75, 3.05) is 0 Å². The van der Waals surface area contributed by atoms with Crippen LogP contribution in [0.4, 0.5) is 0 Å². The van der Waals surface area contributed by atoms with Crippen LogP contribution in [0.5, 0.6) is 0 Å². The lowest BCUT2D eigenvalue weighted by Gasteiger charge is -2.17. The Morgan fingerprint density at radius 2 is 1.23 bits per heavy atom. The maximum absolute atomic E-state index is 4.68. The molecule has 0 atom stereocenters. The fraction of sp³-hybridized carbons (Fsp3) is 0.296. The summed E-state index contributed by atoms with van der Waals surface area (Å²) in [5.74, 6) is 2.05. The average Bonchev–Trinajstić information content (AvgIpc) is 3.11. The van der Waals surface area contributed by atoms with Crippen LogP contribution in [-0.2, 0) is 0 Å². The number of pyridine rings is 1. The Labute approximate surface area is 185 Å². The molecule has 4 heteroatoms. The van der Waals surface area contributed by atoms with E-state index in [1.165, 1.54) is 27.8 Å². The van der Waals surface area contributed by atoms with Crippen molar-refractivity contribution in [1.29, 1.82) is 0 Å². The lowest BCUT2D eigenvalue weighted by Crippen LogP contribution is -2.06. The lowest BCUT2D eigenvalue weighted by atomic mass is 10.0. The van der Waals surface area contributed by atoms with Gasteiger partial charge in [0.2, 0.25) is 0 Å². The fourth-order valence-electron chi connectivity index (χ4n) is 4.38. The summed E-state index contributed by atoms with van der Waals surface area (Å²) in [6, 6.07) is 15.2. The van der Waals surface area contributed by atoms with Gasteiger partial charge in [0, 0.05) is 23.0 Å². The van der Waals surface area contributed by atoms with Crippen molar-refractivity contribution in [1.82, 2.24) is 19.7 Å². The highest BCUT2D eigenvalue weighted by atomic mass is 15.3. The molecule has 0 amide bonds. The number of nitrogens with zero attached hydrogens (tertiary/aromatic N) is 4. The first-order chi connectivity index (χ1) is 14.7. The van der Waals surface area contributed by atoms with Gasteiger partial charge in [-0.15, -0.1) is 10.2 Å².